The van der Waals surface area contributed by atoms with Gasteiger partial charge in [-0.15, -0.1) is 0 Å². The Morgan fingerprint density at radius 1 is 1.53 bits per heavy atom. The molecule has 0 aliphatic rings. The molecule has 0 saturated carbocycles. The number of nitrogens with zero attached hydrogens (tertiary/aromatic N) is 2. The minimum absolute atomic E-state index is 0.223. The van der Waals surface area contributed by atoms with Gasteiger partial charge in [-0.05, 0) is 19.1 Å². The van der Waals surface area contributed by atoms with Crippen LogP contribution in [-0.2, 0) is 6.54 Å². The SMILES string of the molecule is CCn1ncc2cc(C(=N)C=N)ccc21. The summed E-state index contributed by atoms with van der Waals surface area (Å²) in [6.07, 6.45) is 2.84. The number of rotatable bonds is 3. The van der Waals surface area contributed by atoms with E-state index < -0.39 is 0 Å². The lowest BCUT2D eigenvalue weighted by Crippen LogP contribution is -1.99. The highest BCUT2D eigenvalue weighted by Gasteiger charge is 2.03. The molecule has 1 aromatic heterocycles. The van der Waals surface area contributed by atoms with Crippen LogP contribution in [0.25, 0.3) is 10.9 Å². The number of nitrogens with one attached hydrogen (secondary N) is 2. The summed E-state index contributed by atoms with van der Waals surface area (Å²) >= 11 is 0. The Morgan fingerprint density at radius 3 is 3.00 bits per heavy atom. The minimum Gasteiger partial charge on any atom is -0.307 e. The number of hydrogen-bond acceptors (Lipinski definition) is 3. The van der Waals surface area contributed by atoms with Crippen molar-refractivity contribution in [2.24, 2.45) is 0 Å². The number of aromatic nitrogens is 2. The van der Waals surface area contributed by atoms with Gasteiger partial charge in [-0.25, -0.2) is 0 Å². The van der Waals surface area contributed by atoms with Gasteiger partial charge < -0.3 is 5.41 Å². The van der Waals surface area contributed by atoms with E-state index in [1.54, 1.807) is 6.20 Å². The van der Waals surface area contributed by atoms with E-state index >= 15 is 0 Å². The summed E-state index contributed by atoms with van der Waals surface area (Å²) in [5, 5.41) is 19.8. The third kappa shape index (κ3) is 1.54. The van der Waals surface area contributed by atoms with Crippen molar-refractivity contribution in [3.63, 3.8) is 0 Å². The van der Waals surface area contributed by atoms with E-state index in [1.165, 1.54) is 0 Å². The van der Waals surface area contributed by atoms with Gasteiger partial charge >= 0.3 is 0 Å². The van der Waals surface area contributed by atoms with Crippen LogP contribution in [0.1, 0.15) is 12.5 Å². The summed E-state index contributed by atoms with van der Waals surface area (Å²) < 4.78 is 1.91. The molecule has 0 aliphatic heterocycles. The van der Waals surface area contributed by atoms with E-state index in [1.807, 2.05) is 29.8 Å². The monoisotopic (exact) mass is 200 g/mol. The zero-order valence-electron chi connectivity index (χ0n) is 8.49. The van der Waals surface area contributed by atoms with Crippen LogP contribution in [0.5, 0.6) is 0 Å². The highest BCUT2D eigenvalue weighted by Crippen LogP contribution is 2.15. The predicted octanol–water partition coefficient (Wildman–Crippen LogP) is 2.07. The van der Waals surface area contributed by atoms with Crippen LogP contribution in [0.3, 0.4) is 0 Å². The third-order valence-corrected chi connectivity index (χ3v) is 2.40. The fourth-order valence-electron chi connectivity index (χ4n) is 1.59. The molecule has 0 saturated heterocycles. The lowest BCUT2D eigenvalue weighted by molar-refractivity contribution is 0.684. The molecule has 1 aromatic carbocycles. The Bertz CT molecular complexity index is 524. The molecule has 0 aliphatic carbocycles. The quantitative estimate of drug-likeness (QED) is 0.732. The van der Waals surface area contributed by atoms with Crippen molar-refractivity contribution in [1.82, 2.24) is 9.78 Å². The van der Waals surface area contributed by atoms with Gasteiger partial charge in [-0.3, -0.25) is 10.1 Å². The molecule has 2 aromatic rings. The minimum atomic E-state index is 0.223. The van der Waals surface area contributed by atoms with Crippen molar-refractivity contribution in [3.8, 4) is 0 Å². The van der Waals surface area contributed by atoms with Crippen molar-refractivity contribution < 1.29 is 0 Å². The molecular formula is C11H12N4. The summed E-state index contributed by atoms with van der Waals surface area (Å²) in [5.74, 6) is 0. The second kappa shape index (κ2) is 3.65. The fraction of sp³-hybridized carbons (Fsp3) is 0.182. The summed E-state index contributed by atoms with van der Waals surface area (Å²) in [6, 6.07) is 5.69. The molecule has 0 unspecified atom stereocenters. The van der Waals surface area contributed by atoms with E-state index in [2.05, 4.69) is 5.10 Å². The van der Waals surface area contributed by atoms with Gasteiger partial charge in [0.25, 0.3) is 0 Å². The molecule has 0 radical (unpaired) electrons. The van der Waals surface area contributed by atoms with E-state index in [0.29, 0.717) is 0 Å². The first-order chi connectivity index (χ1) is 7.26. The van der Waals surface area contributed by atoms with E-state index in [9.17, 15) is 0 Å². The van der Waals surface area contributed by atoms with Crippen LogP contribution in [0, 0.1) is 10.8 Å². The zero-order valence-corrected chi connectivity index (χ0v) is 8.49. The molecule has 2 rings (SSSR count). The molecule has 1 heterocycles. The number of benzene rings is 1. The Hall–Kier alpha value is -1.97. The van der Waals surface area contributed by atoms with Crippen LogP contribution >= 0.6 is 0 Å². The largest absolute Gasteiger partial charge is 0.307 e. The first-order valence-electron chi connectivity index (χ1n) is 4.81. The van der Waals surface area contributed by atoms with Crippen LogP contribution < -0.4 is 0 Å². The predicted molar refractivity (Wildman–Crippen MR) is 61.0 cm³/mol. The molecule has 4 nitrogen and oxygen atoms in total. The van der Waals surface area contributed by atoms with Gasteiger partial charge in [0.1, 0.15) is 0 Å². The van der Waals surface area contributed by atoms with Crippen molar-refractivity contribution in [2.75, 3.05) is 0 Å². The average molecular weight is 200 g/mol. The molecule has 0 bridgehead atoms. The molecule has 0 spiro atoms. The maximum atomic E-state index is 7.54. The summed E-state index contributed by atoms with van der Waals surface area (Å²) in [7, 11) is 0. The number of fused-ring (bicyclic) bond motifs is 1. The topological polar surface area (TPSA) is 65.5 Å². The van der Waals surface area contributed by atoms with Crippen molar-refractivity contribution >= 4 is 22.8 Å². The van der Waals surface area contributed by atoms with Crippen molar-refractivity contribution in [1.29, 1.82) is 10.8 Å². The third-order valence-electron chi connectivity index (χ3n) is 2.40. The number of hydrogen-bond donors (Lipinski definition) is 2. The highest BCUT2D eigenvalue weighted by molar-refractivity contribution is 6.36. The Morgan fingerprint density at radius 2 is 2.33 bits per heavy atom. The zero-order chi connectivity index (χ0) is 10.8. The summed E-state index contributed by atoms with van der Waals surface area (Å²) in [6.45, 7) is 2.88. The van der Waals surface area contributed by atoms with Crippen LogP contribution in [0.2, 0.25) is 0 Å². The average Bonchev–Trinajstić information content (AvgIpc) is 2.69. The first-order valence-corrected chi connectivity index (χ1v) is 4.81. The van der Waals surface area contributed by atoms with Gasteiger partial charge in [0, 0.05) is 23.7 Å². The summed E-state index contributed by atoms with van der Waals surface area (Å²) in [5.41, 5.74) is 2.05. The van der Waals surface area contributed by atoms with Crippen LogP contribution in [-0.4, -0.2) is 21.7 Å². The second-order valence-electron chi connectivity index (χ2n) is 3.29. The van der Waals surface area contributed by atoms with Crippen LogP contribution in [0.4, 0.5) is 0 Å². The number of aryl methyl sites for hydroxylation is 1. The molecule has 0 atom stereocenters. The van der Waals surface area contributed by atoms with Crippen molar-refractivity contribution in [2.45, 2.75) is 13.5 Å². The van der Waals surface area contributed by atoms with Crippen LogP contribution in [0.15, 0.2) is 24.4 Å². The second-order valence-corrected chi connectivity index (χ2v) is 3.29. The van der Waals surface area contributed by atoms with Gasteiger partial charge in [-0.2, -0.15) is 5.10 Å². The molecule has 15 heavy (non-hydrogen) atoms. The Balaban J connectivity index is 2.57. The normalized spacial score (nSPS) is 10.5. The van der Waals surface area contributed by atoms with Crippen molar-refractivity contribution in [3.05, 3.63) is 30.0 Å². The van der Waals surface area contributed by atoms with E-state index in [0.717, 1.165) is 29.2 Å². The molecule has 0 amide bonds. The fourth-order valence-corrected chi connectivity index (χ4v) is 1.59. The summed E-state index contributed by atoms with van der Waals surface area (Å²) in [4.78, 5) is 0. The molecule has 2 N–H and O–H groups in total. The maximum absolute atomic E-state index is 7.54. The maximum Gasteiger partial charge on any atom is 0.0787 e. The lowest BCUT2D eigenvalue weighted by atomic mass is 10.1. The molecule has 0 fully saturated rings. The van der Waals surface area contributed by atoms with Gasteiger partial charge in [-0.1, -0.05) is 6.07 Å². The van der Waals surface area contributed by atoms with E-state index in [4.69, 9.17) is 10.8 Å². The standard InChI is InChI=1S/C11H12N4/c1-2-15-11-4-3-8(10(13)6-12)5-9(11)7-14-15/h3-7,12-13H,2H2,1H3. The first kappa shape index (κ1) is 9.58. The Kier molecular flexibility index (Phi) is 2.33. The molecule has 4 heteroatoms. The smallest absolute Gasteiger partial charge is 0.0787 e. The molecule has 76 valence electrons. The van der Waals surface area contributed by atoms with E-state index in [-0.39, 0.29) is 5.71 Å². The highest BCUT2D eigenvalue weighted by atomic mass is 15.3. The van der Waals surface area contributed by atoms with Gasteiger partial charge in [0.2, 0.25) is 0 Å². The molecular weight excluding hydrogens is 188 g/mol. The Labute approximate surface area is 87.6 Å². The van der Waals surface area contributed by atoms with Gasteiger partial charge in [0.05, 0.1) is 17.4 Å². The lowest BCUT2D eigenvalue weighted by Gasteiger charge is -2.00. The van der Waals surface area contributed by atoms with Gasteiger partial charge in [0.15, 0.2) is 0 Å².